The topological polar surface area (TPSA) is 81.7 Å². The summed E-state index contributed by atoms with van der Waals surface area (Å²) < 4.78 is 33.1. The highest BCUT2D eigenvalue weighted by molar-refractivity contribution is 8.02. The van der Waals surface area contributed by atoms with Gasteiger partial charge in [0, 0.05) is 11.3 Å². The smallest absolute Gasteiger partial charge is 0.234 e. The summed E-state index contributed by atoms with van der Waals surface area (Å²) in [6, 6.07) is 5.13. The van der Waals surface area contributed by atoms with Crippen LogP contribution < -0.4 is 14.8 Å². The molecule has 1 fully saturated rings. The van der Waals surface area contributed by atoms with Crippen molar-refractivity contribution in [1.82, 2.24) is 0 Å². The van der Waals surface area contributed by atoms with E-state index in [0.717, 1.165) is 0 Å². The van der Waals surface area contributed by atoms with E-state index in [4.69, 9.17) is 9.47 Å². The molecule has 1 aliphatic heterocycles. The molecule has 6 nitrogen and oxygen atoms in total. The second-order valence-corrected chi connectivity index (χ2v) is 8.47. The molecule has 1 unspecified atom stereocenters. The van der Waals surface area contributed by atoms with Crippen LogP contribution in [0.4, 0.5) is 5.69 Å². The number of hydrogen-bond donors (Lipinski definition) is 1. The molecule has 1 heterocycles. The predicted molar refractivity (Wildman–Crippen MR) is 87.7 cm³/mol. The zero-order valence-electron chi connectivity index (χ0n) is 12.5. The Labute approximate surface area is 134 Å². The summed E-state index contributed by atoms with van der Waals surface area (Å²) in [5.41, 5.74) is 0.563. The van der Waals surface area contributed by atoms with Gasteiger partial charge in [0.25, 0.3) is 0 Å². The predicted octanol–water partition coefficient (Wildman–Crippen LogP) is 1.56. The van der Waals surface area contributed by atoms with Crippen molar-refractivity contribution in [2.24, 2.45) is 0 Å². The largest absolute Gasteiger partial charge is 0.497 e. The maximum Gasteiger partial charge on any atom is 0.234 e. The zero-order valence-corrected chi connectivity index (χ0v) is 14.1. The van der Waals surface area contributed by atoms with E-state index in [1.54, 1.807) is 25.3 Å². The van der Waals surface area contributed by atoms with Crippen LogP contribution in [-0.2, 0) is 14.6 Å². The van der Waals surface area contributed by atoms with E-state index in [0.29, 0.717) is 23.6 Å². The number of hydrogen-bond acceptors (Lipinski definition) is 6. The lowest BCUT2D eigenvalue weighted by molar-refractivity contribution is -0.113. The van der Waals surface area contributed by atoms with E-state index in [2.05, 4.69) is 5.32 Å². The van der Waals surface area contributed by atoms with Crippen molar-refractivity contribution < 1.29 is 22.7 Å². The molecule has 122 valence electrons. The van der Waals surface area contributed by atoms with E-state index in [1.807, 2.05) is 0 Å². The number of carbonyl (C=O) groups excluding carboxylic acids is 1. The number of benzene rings is 1. The molecule has 1 aromatic rings. The number of thioether (sulfide) groups is 1. The summed E-state index contributed by atoms with van der Waals surface area (Å²) in [5.74, 6) is 1.57. The molecule has 0 spiro atoms. The Bertz CT molecular complexity index is 645. The van der Waals surface area contributed by atoms with Crippen molar-refractivity contribution in [2.45, 2.75) is 11.7 Å². The summed E-state index contributed by atoms with van der Waals surface area (Å²) >= 11 is 1.38. The molecule has 1 aromatic carbocycles. The lowest BCUT2D eigenvalue weighted by atomic mass is 10.2. The lowest BCUT2D eigenvalue weighted by Gasteiger charge is -2.12. The van der Waals surface area contributed by atoms with Crippen LogP contribution in [-0.4, -0.2) is 51.1 Å². The average molecular weight is 345 g/mol. The third-order valence-corrected chi connectivity index (χ3v) is 6.61. The highest BCUT2D eigenvalue weighted by atomic mass is 32.2. The Balaban J connectivity index is 1.89. The summed E-state index contributed by atoms with van der Waals surface area (Å²) in [4.78, 5) is 12.0. The van der Waals surface area contributed by atoms with Gasteiger partial charge < -0.3 is 14.8 Å². The lowest BCUT2D eigenvalue weighted by Crippen LogP contribution is -2.17. The SMILES string of the molecule is COc1ccc(NC(=O)CSC2CCS(=O)(=O)C2)c(OC)c1. The number of anilines is 1. The summed E-state index contributed by atoms with van der Waals surface area (Å²) in [5, 5.41) is 2.78. The first-order valence-electron chi connectivity index (χ1n) is 6.77. The zero-order chi connectivity index (χ0) is 16.2. The second kappa shape index (κ2) is 7.23. The van der Waals surface area contributed by atoms with Crippen LogP contribution >= 0.6 is 11.8 Å². The van der Waals surface area contributed by atoms with Gasteiger partial charge in [-0.2, -0.15) is 0 Å². The van der Waals surface area contributed by atoms with Gasteiger partial charge >= 0.3 is 0 Å². The molecule has 0 aliphatic carbocycles. The number of sulfone groups is 1. The molecule has 1 atom stereocenters. The third kappa shape index (κ3) is 4.54. The minimum Gasteiger partial charge on any atom is -0.497 e. The van der Waals surface area contributed by atoms with Gasteiger partial charge in [-0.05, 0) is 18.6 Å². The Morgan fingerprint density at radius 1 is 1.36 bits per heavy atom. The van der Waals surface area contributed by atoms with Crippen molar-refractivity contribution in [3.05, 3.63) is 18.2 Å². The Morgan fingerprint density at radius 2 is 2.14 bits per heavy atom. The number of nitrogens with one attached hydrogen (secondary N) is 1. The number of ether oxygens (including phenoxy) is 2. The molecular formula is C14H19NO5S2. The maximum atomic E-state index is 12.0. The van der Waals surface area contributed by atoms with E-state index >= 15 is 0 Å². The van der Waals surface area contributed by atoms with Crippen LogP contribution in [0.25, 0.3) is 0 Å². The average Bonchev–Trinajstić information content (AvgIpc) is 2.85. The fourth-order valence-corrected chi connectivity index (χ4v) is 5.62. The molecule has 0 bridgehead atoms. The second-order valence-electron chi connectivity index (χ2n) is 4.95. The van der Waals surface area contributed by atoms with Crippen molar-refractivity contribution in [3.8, 4) is 11.5 Å². The first-order chi connectivity index (χ1) is 10.4. The highest BCUT2D eigenvalue weighted by Crippen LogP contribution is 2.29. The fourth-order valence-electron chi connectivity index (χ4n) is 2.17. The molecule has 0 saturated carbocycles. The molecular weight excluding hydrogens is 326 g/mol. The molecule has 0 aromatic heterocycles. The van der Waals surface area contributed by atoms with E-state index in [-0.39, 0.29) is 28.4 Å². The van der Waals surface area contributed by atoms with E-state index < -0.39 is 9.84 Å². The van der Waals surface area contributed by atoms with Gasteiger partial charge in [0.1, 0.15) is 11.5 Å². The van der Waals surface area contributed by atoms with Gasteiger partial charge in [-0.3, -0.25) is 4.79 Å². The summed E-state index contributed by atoms with van der Waals surface area (Å²) in [6.45, 7) is 0. The fraction of sp³-hybridized carbons (Fsp3) is 0.500. The minimum absolute atomic E-state index is 0.00788. The molecule has 1 aliphatic rings. The normalized spacial score (nSPS) is 19.6. The summed E-state index contributed by atoms with van der Waals surface area (Å²) in [7, 11) is 0.164. The first-order valence-corrected chi connectivity index (χ1v) is 9.64. The quantitative estimate of drug-likeness (QED) is 0.843. The number of amides is 1. The van der Waals surface area contributed by atoms with Gasteiger partial charge in [-0.15, -0.1) is 11.8 Å². The molecule has 2 rings (SSSR count). The number of carbonyl (C=O) groups is 1. The van der Waals surface area contributed by atoms with Gasteiger partial charge in [-0.25, -0.2) is 8.42 Å². The molecule has 1 N–H and O–H groups in total. The van der Waals surface area contributed by atoms with Gasteiger partial charge in [0.2, 0.25) is 5.91 Å². The molecule has 1 amide bonds. The Morgan fingerprint density at radius 3 is 2.73 bits per heavy atom. The van der Waals surface area contributed by atoms with Crippen LogP contribution in [0.15, 0.2) is 18.2 Å². The summed E-state index contributed by atoms with van der Waals surface area (Å²) in [6.07, 6.45) is 0.617. The van der Waals surface area contributed by atoms with Gasteiger partial charge in [-0.1, -0.05) is 0 Å². The molecule has 1 saturated heterocycles. The van der Waals surface area contributed by atoms with E-state index in [9.17, 15) is 13.2 Å². The van der Waals surface area contributed by atoms with Crippen molar-refractivity contribution in [2.75, 3.05) is 36.8 Å². The number of rotatable bonds is 6. The minimum atomic E-state index is -2.91. The third-order valence-electron chi connectivity index (χ3n) is 3.32. The molecule has 22 heavy (non-hydrogen) atoms. The van der Waals surface area contributed by atoms with Crippen LogP contribution in [0, 0.1) is 0 Å². The highest BCUT2D eigenvalue weighted by Gasteiger charge is 2.28. The standard InChI is InChI=1S/C14H19NO5S2/c1-19-10-3-4-12(13(7-10)20-2)15-14(16)8-21-11-5-6-22(17,18)9-11/h3-4,7,11H,5-6,8-9H2,1-2H3,(H,15,16). The first kappa shape index (κ1) is 17.0. The van der Waals surface area contributed by atoms with Crippen LogP contribution in [0.1, 0.15) is 6.42 Å². The van der Waals surface area contributed by atoms with Crippen LogP contribution in [0.3, 0.4) is 0 Å². The van der Waals surface area contributed by atoms with Crippen LogP contribution in [0.2, 0.25) is 0 Å². The van der Waals surface area contributed by atoms with Gasteiger partial charge in [0.15, 0.2) is 9.84 Å². The Hall–Kier alpha value is -1.41. The monoisotopic (exact) mass is 345 g/mol. The number of methoxy groups -OCH3 is 2. The molecule has 8 heteroatoms. The maximum absolute atomic E-state index is 12.0. The van der Waals surface area contributed by atoms with Crippen molar-refractivity contribution in [1.29, 1.82) is 0 Å². The molecule has 0 radical (unpaired) electrons. The van der Waals surface area contributed by atoms with Crippen molar-refractivity contribution >= 4 is 33.2 Å². The van der Waals surface area contributed by atoms with E-state index in [1.165, 1.54) is 18.9 Å². The van der Waals surface area contributed by atoms with Crippen molar-refractivity contribution in [3.63, 3.8) is 0 Å². The van der Waals surface area contributed by atoms with Gasteiger partial charge in [0.05, 0.1) is 37.2 Å². The van der Waals surface area contributed by atoms with Crippen LogP contribution in [0.5, 0.6) is 11.5 Å². The Kier molecular flexibility index (Phi) is 5.57.